The van der Waals surface area contributed by atoms with Gasteiger partial charge in [0, 0.05) is 16.3 Å². The normalized spacial score (nSPS) is 10.9. The van der Waals surface area contributed by atoms with Gasteiger partial charge >= 0.3 is 5.97 Å². The fourth-order valence-corrected chi connectivity index (χ4v) is 4.33. The first kappa shape index (κ1) is 19.6. The topological polar surface area (TPSA) is 58.6 Å². The van der Waals surface area contributed by atoms with Gasteiger partial charge in [0.05, 0.1) is 18.7 Å². The third kappa shape index (κ3) is 5.39. The molecule has 0 spiro atoms. The standard InChI is InChI=1S/C18H24N2O3S2/c1-5-13-9-14(18(22)23-6-2)17(25-13)19-16(21)11-20(4)10-15-12(3)7-8-24-15/h7-9H,5-6,10-11H2,1-4H3,(H,19,21). The van der Waals surface area contributed by atoms with Gasteiger partial charge in [-0.05, 0) is 50.4 Å². The summed E-state index contributed by atoms with van der Waals surface area (Å²) in [5.74, 6) is -0.525. The number of anilines is 1. The summed E-state index contributed by atoms with van der Waals surface area (Å²) in [5, 5.41) is 5.50. The number of carbonyl (C=O) groups is 2. The van der Waals surface area contributed by atoms with Crippen LogP contribution in [0.5, 0.6) is 0 Å². The lowest BCUT2D eigenvalue weighted by Crippen LogP contribution is -2.30. The minimum absolute atomic E-state index is 0.133. The number of likely N-dealkylation sites (N-methyl/N-ethyl adjacent to an activating group) is 1. The van der Waals surface area contributed by atoms with Gasteiger partial charge in [0.2, 0.25) is 5.91 Å². The van der Waals surface area contributed by atoms with E-state index in [1.807, 2.05) is 18.9 Å². The lowest BCUT2D eigenvalue weighted by atomic mass is 10.2. The van der Waals surface area contributed by atoms with E-state index in [0.29, 0.717) is 17.2 Å². The molecule has 0 fully saturated rings. The number of nitrogens with zero attached hydrogens (tertiary/aromatic N) is 1. The summed E-state index contributed by atoms with van der Waals surface area (Å²) in [4.78, 5) is 28.7. The molecule has 0 aliphatic heterocycles. The van der Waals surface area contributed by atoms with E-state index in [4.69, 9.17) is 4.74 Å². The number of ether oxygens (including phenoxy) is 1. The molecule has 0 bridgehead atoms. The number of thiophene rings is 2. The molecule has 0 atom stereocenters. The molecule has 0 aliphatic rings. The van der Waals surface area contributed by atoms with Crippen LogP contribution in [0.4, 0.5) is 5.00 Å². The third-order valence-corrected chi connectivity index (χ3v) is 5.88. The lowest BCUT2D eigenvalue weighted by molar-refractivity contribution is -0.117. The second kappa shape index (κ2) is 9.12. The molecule has 1 amide bonds. The van der Waals surface area contributed by atoms with Crippen molar-refractivity contribution in [3.8, 4) is 0 Å². The second-order valence-corrected chi connectivity index (χ2v) is 7.91. The lowest BCUT2D eigenvalue weighted by Gasteiger charge is -2.16. The van der Waals surface area contributed by atoms with Crippen LogP contribution >= 0.6 is 22.7 Å². The van der Waals surface area contributed by atoms with E-state index < -0.39 is 5.97 Å². The van der Waals surface area contributed by atoms with Crippen LogP contribution in [0.25, 0.3) is 0 Å². The number of hydrogen-bond donors (Lipinski definition) is 1. The summed E-state index contributed by atoms with van der Waals surface area (Å²) in [7, 11) is 1.91. The molecule has 0 aliphatic carbocycles. The maximum Gasteiger partial charge on any atom is 0.341 e. The Morgan fingerprint density at radius 2 is 2.08 bits per heavy atom. The van der Waals surface area contributed by atoms with Crippen molar-refractivity contribution in [2.24, 2.45) is 0 Å². The molecule has 2 rings (SSSR count). The first-order valence-corrected chi connectivity index (χ1v) is 9.95. The quantitative estimate of drug-likeness (QED) is 0.705. The highest BCUT2D eigenvalue weighted by atomic mass is 32.1. The van der Waals surface area contributed by atoms with Crippen LogP contribution in [0.15, 0.2) is 17.5 Å². The number of carbonyl (C=O) groups excluding carboxylic acids is 2. The van der Waals surface area contributed by atoms with Gasteiger partial charge in [-0.1, -0.05) is 6.92 Å². The van der Waals surface area contributed by atoms with Crippen LogP contribution in [0.2, 0.25) is 0 Å². The van der Waals surface area contributed by atoms with Gasteiger partial charge in [-0.25, -0.2) is 4.79 Å². The number of amides is 1. The Kier molecular flexibility index (Phi) is 7.16. The Labute approximate surface area is 156 Å². The summed E-state index contributed by atoms with van der Waals surface area (Å²) in [5.41, 5.74) is 1.68. The Morgan fingerprint density at radius 1 is 1.32 bits per heavy atom. The summed E-state index contributed by atoms with van der Waals surface area (Å²) < 4.78 is 5.08. The molecule has 5 nitrogen and oxygen atoms in total. The molecule has 0 saturated carbocycles. The summed E-state index contributed by atoms with van der Waals surface area (Å²) in [6.07, 6.45) is 0.810. The zero-order valence-corrected chi connectivity index (χ0v) is 16.7. The van der Waals surface area contributed by atoms with E-state index in [1.165, 1.54) is 21.8 Å². The predicted octanol–water partition coefficient (Wildman–Crippen LogP) is 3.93. The first-order chi connectivity index (χ1) is 11.9. The Bertz CT molecular complexity index is 737. The maximum absolute atomic E-state index is 12.4. The fraction of sp³-hybridized carbons (Fsp3) is 0.444. The van der Waals surface area contributed by atoms with Crippen molar-refractivity contribution in [2.45, 2.75) is 33.7 Å². The molecule has 2 heterocycles. The minimum atomic E-state index is -0.392. The van der Waals surface area contributed by atoms with Crippen molar-refractivity contribution in [1.82, 2.24) is 4.90 Å². The van der Waals surface area contributed by atoms with Gasteiger partial charge in [0.1, 0.15) is 5.00 Å². The van der Waals surface area contributed by atoms with Crippen LogP contribution in [-0.4, -0.2) is 37.0 Å². The Balaban J connectivity index is 2.00. The summed E-state index contributed by atoms with van der Waals surface area (Å²) in [6.45, 7) is 7.16. The van der Waals surface area contributed by atoms with E-state index in [1.54, 1.807) is 24.3 Å². The molecule has 25 heavy (non-hydrogen) atoms. The molecule has 0 unspecified atom stereocenters. The van der Waals surface area contributed by atoms with E-state index in [0.717, 1.165) is 17.8 Å². The molecule has 2 aromatic heterocycles. The number of rotatable bonds is 8. The molecule has 0 aromatic carbocycles. The van der Waals surface area contributed by atoms with Gasteiger partial charge in [0.25, 0.3) is 0 Å². The van der Waals surface area contributed by atoms with Crippen LogP contribution in [0.3, 0.4) is 0 Å². The van der Waals surface area contributed by atoms with Crippen molar-refractivity contribution >= 4 is 39.6 Å². The average Bonchev–Trinajstić information content (AvgIpc) is 3.14. The van der Waals surface area contributed by atoms with Crippen molar-refractivity contribution in [3.05, 3.63) is 38.4 Å². The SMILES string of the molecule is CCOC(=O)c1cc(CC)sc1NC(=O)CN(C)Cc1sccc1C. The molecule has 0 radical (unpaired) electrons. The number of nitrogens with one attached hydrogen (secondary N) is 1. The second-order valence-electron chi connectivity index (χ2n) is 5.78. The van der Waals surface area contributed by atoms with Gasteiger partial charge in [-0.15, -0.1) is 22.7 Å². The smallest absolute Gasteiger partial charge is 0.341 e. The average molecular weight is 381 g/mol. The number of hydrogen-bond acceptors (Lipinski definition) is 6. The van der Waals surface area contributed by atoms with Crippen LogP contribution < -0.4 is 5.32 Å². The number of aryl methyl sites for hydroxylation is 2. The summed E-state index contributed by atoms with van der Waals surface area (Å²) >= 11 is 3.12. The largest absolute Gasteiger partial charge is 0.462 e. The zero-order chi connectivity index (χ0) is 18.4. The molecule has 2 aromatic rings. The Hall–Kier alpha value is -1.70. The molecular weight excluding hydrogens is 356 g/mol. The Morgan fingerprint density at radius 3 is 2.68 bits per heavy atom. The van der Waals surface area contributed by atoms with Crippen molar-refractivity contribution < 1.29 is 14.3 Å². The van der Waals surface area contributed by atoms with Gasteiger partial charge in [-0.2, -0.15) is 0 Å². The highest BCUT2D eigenvalue weighted by molar-refractivity contribution is 7.16. The zero-order valence-electron chi connectivity index (χ0n) is 15.0. The minimum Gasteiger partial charge on any atom is -0.462 e. The van der Waals surface area contributed by atoms with Crippen LogP contribution in [-0.2, 0) is 22.5 Å². The molecular formula is C18H24N2O3S2. The van der Waals surface area contributed by atoms with E-state index in [-0.39, 0.29) is 12.5 Å². The van der Waals surface area contributed by atoms with Crippen LogP contribution in [0, 0.1) is 6.92 Å². The van der Waals surface area contributed by atoms with Gasteiger partial charge in [0.15, 0.2) is 0 Å². The van der Waals surface area contributed by atoms with E-state index in [9.17, 15) is 9.59 Å². The number of esters is 1. The van der Waals surface area contributed by atoms with Crippen molar-refractivity contribution in [2.75, 3.05) is 25.5 Å². The maximum atomic E-state index is 12.4. The highest BCUT2D eigenvalue weighted by Crippen LogP contribution is 2.29. The van der Waals surface area contributed by atoms with Crippen molar-refractivity contribution in [1.29, 1.82) is 0 Å². The molecule has 1 N–H and O–H groups in total. The fourth-order valence-electron chi connectivity index (χ4n) is 2.35. The van der Waals surface area contributed by atoms with Gasteiger partial charge < -0.3 is 10.1 Å². The molecule has 136 valence electrons. The molecule has 7 heteroatoms. The third-order valence-electron chi connectivity index (χ3n) is 3.68. The molecule has 0 saturated heterocycles. The summed E-state index contributed by atoms with van der Waals surface area (Å²) in [6, 6.07) is 3.88. The predicted molar refractivity (Wildman–Crippen MR) is 104 cm³/mol. The van der Waals surface area contributed by atoms with Gasteiger partial charge in [-0.3, -0.25) is 9.69 Å². The first-order valence-electron chi connectivity index (χ1n) is 8.25. The van der Waals surface area contributed by atoms with Crippen LogP contribution in [0.1, 0.15) is 39.5 Å². The highest BCUT2D eigenvalue weighted by Gasteiger charge is 2.19. The monoisotopic (exact) mass is 380 g/mol. The van der Waals surface area contributed by atoms with Crippen molar-refractivity contribution in [3.63, 3.8) is 0 Å². The van der Waals surface area contributed by atoms with E-state index >= 15 is 0 Å². The van der Waals surface area contributed by atoms with E-state index in [2.05, 4.69) is 23.7 Å².